The van der Waals surface area contributed by atoms with Crippen LogP contribution in [0.1, 0.15) is 40.0 Å². The second-order valence-corrected chi connectivity index (χ2v) is 5.88. The third-order valence-corrected chi connectivity index (χ3v) is 4.04. The molecule has 3 heteroatoms. The van der Waals surface area contributed by atoms with E-state index in [-0.39, 0.29) is 0 Å². The summed E-state index contributed by atoms with van der Waals surface area (Å²) in [6, 6.07) is 1.31. The molecule has 102 valence electrons. The van der Waals surface area contributed by atoms with Crippen molar-refractivity contribution in [3.8, 4) is 0 Å². The van der Waals surface area contributed by atoms with Crippen molar-refractivity contribution in [1.29, 1.82) is 0 Å². The van der Waals surface area contributed by atoms with E-state index in [4.69, 9.17) is 5.73 Å². The zero-order valence-corrected chi connectivity index (χ0v) is 12.2. The van der Waals surface area contributed by atoms with Crippen molar-refractivity contribution in [1.82, 2.24) is 9.80 Å². The summed E-state index contributed by atoms with van der Waals surface area (Å²) in [5.74, 6) is 0.733. The second-order valence-electron chi connectivity index (χ2n) is 5.88. The van der Waals surface area contributed by atoms with Gasteiger partial charge in [-0.2, -0.15) is 0 Å². The lowest BCUT2D eigenvalue weighted by molar-refractivity contribution is 0.153. The maximum atomic E-state index is 5.91. The largest absolute Gasteiger partial charge is 0.329 e. The Hall–Kier alpha value is -0.120. The minimum Gasteiger partial charge on any atom is -0.329 e. The van der Waals surface area contributed by atoms with Crippen LogP contribution in [-0.4, -0.2) is 55.1 Å². The van der Waals surface area contributed by atoms with Gasteiger partial charge in [-0.25, -0.2) is 0 Å². The van der Waals surface area contributed by atoms with E-state index in [1.54, 1.807) is 0 Å². The molecule has 1 heterocycles. The van der Waals surface area contributed by atoms with E-state index >= 15 is 0 Å². The van der Waals surface area contributed by atoms with E-state index in [0.717, 1.165) is 18.5 Å². The van der Waals surface area contributed by atoms with Gasteiger partial charge in [0.15, 0.2) is 0 Å². The first-order valence-corrected chi connectivity index (χ1v) is 7.22. The fourth-order valence-electron chi connectivity index (χ4n) is 3.00. The normalized spacial score (nSPS) is 23.8. The Morgan fingerprint density at radius 3 is 2.65 bits per heavy atom. The Morgan fingerprint density at radius 1 is 1.41 bits per heavy atom. The Bertz CT molecular complexity index is 206. The predicted octanol–water partition coefficient (Wildman–Crippen LogP) is 1.78. The van der Waals surface area contributed by atoms with E-state index in [1.165, 1.54) is 38.9 Å². The number of hydrogen-bond acceptors (Lipinski definition) is 3. The number of nitrogens with zero attached hydrogens (tertiary/aromatic N) is 2. The molecule has 2 unspecified atom stereocenters. The highest BCUT2D eigenvalue weighted by molar-refractivity contribution is 4.83. The van der Waals surface area contributed by atoms with Gasteiger partial charge in [0.05, 0.1) is 0 Å². The molecule has 17 heavy (non-hydrogen) atoms. The van der Waals surface area contributed by atoms with Gasteiger partial charge in [0.25, 0.3) is 0 Å². The molecule has 0 saturated carbocycles. The first-order chi connectivity index (χ1) is 8.08. The van der Waals surface area contributed by atoms with Gasteiger partial charge in [-0.15, -0.1) is 0 Å². The molecule has 0 aromatic carbocycles. The number of hydrogen-bond donors (Lipinski definition) is 1. The molecule has 1 saturated heterocycles. The SMILES string of the molecule is CCN1CCCC1CN(C)C(CN)CC(C)C. The van der Waals surface area contributed by atoms with Crippen molar-refractivity contribution >= 4 is 0 Å². The lowest BCUT2D eigenvalue weighted by Gasteiger charge is -2.33. The van der Waals surface area contributed by atoms with Crippen molar-refractivity contribution in [2.24, 2.45) is 11.7 Å². The monoisotopic (exact) mass is 241 g/mol. The molecule has 0 aliphatic carbocycles. The molecule has 1 rings (SSSR count). The van der Waals surface area contributed by atoms with Crippen molar-refractivity contribution in [2.75, 3.05) is 33.2 Å². The van der Waals surface area contributed by atoms with E-state index in [2.05, 4.69) is 37.6 Å². The van der Waals surface area contributed by atoms with Crippen molar-refractivity contribution < 1.29 is 0 Å². The smallest absolute Gasteiger partial charge is 0.0223 e. The zero-order valence-electron chi connectivity index (χ0n) is 12.2. The maximum Gasteiger partial charge on any atom is 0.0223 e. The summed E-state index contributed by atoms with van der Waals surface area (Å²) in [6.45, 7) is 11.3. The highest BCUT2D eigenvalue weighted by atomic mass is 15.2. The van der Waals surface area contributed by atoms with E-state index in [9.17, 15) is 0 Å². The fourth-order valence-corrected chi connectivity index (χ4v) is 3.00. The van der Waals surface area contributed by atoms with Crippen LogP contribution in [0.25, 0.3) is 0 Å². The summed E-state index contributed by atoms with van der Waals surface area (Å²) >= 11 is 0. The van der Waals surface area contributed by atoms with Gasteiger partial charge in [-0.1, -0.05) is 20.8 Å². The van der Waals surface area contributed by atoms with Crippen LogP contribution in [0.4, 0.5) is 0 Å². The zero-order chi connectivity index (χ0) is 12.8. The lowest BCUT2D eigenvalue weighted by atomic mass is 10.0. The standard InChI is InChI=1S/C14H31N3/c1-5-17-8-6-7-13(17)11-16(4)14(10-15)9-12(2)3/h12-14H,5-11,15H2,1-4H3. The molecular weight excluding hydrogens is 210 g/mol. The van der Waals surface area contributed by atoms with Gasteiger partial charge in [0.2, 0.25) is 0 Å². The summed E-state index contributed by atoms with van der Waals surface area (Å²) in [4.78, 5) is 5.10. The third kappa shape index (κ3) is 4.57. The van der Waals surface area contributed by atoms with E-state index < -0.39 is 0 Å². The summed E-state index contributed by atoms with van der Waals surface area (Å²) in [7, 11) is 2.24. The molecule has 1 aliphatic rings. The highest BCUT2D eigenvalue weighted by Gasteiger charge is 2.26. The molecule has 0 bridgehead atoms. The molecule has 1 fully saturated rings. The van der Waals surface area contributed by atoms with Crippen LogP contribution >= 0.6 is 0 Å². The Balaban J connectivity index is 2.42. The molecule has 0 aromatic rings. The van der Waals surface area contributed by atoms with Crippen LogP contribution < -0.4 is 5.73 Å². The molecule has 0 radical (unpaired) electrons. The lowest BCUT2D eigenvalue weighted by Crippen LogP contribution is -2.46. The molecule has 0 amide bonds. The Morgan fingerprint density at radius 2 is 2.12 bits per heavy atom. The Kier molecular flexibility index (Phi) is 6.45. The summed E-state index contributed by atoms with van der Waals surface area (Å²) in [5, 5.41) is 0. The van der Waals surface area contributed by atoms with Gasteiger partial charge in [-0.3, -0.25) is 4.90 Å². The molecule has 2 atom stereocenters. The van der Waals surface area contributed by atoms with Gasteiger partial charge < -0.3 is 10.6 Å². The molecule has 1 aliphatic heterocycles. The maximum absolute atomic E-state index is 5.91. The van der Waals surface area contributed by atoms with Crippen LogP contribution in [0.5, 0.6) is 0 Å². The predicted molar refractivity (Wildman–Crippen MR) is 75.2 cm³/mol. The topological polar surface area (TPSA) is 32.5 Å². The number of likely N-dealkylation sites (tertiary alicyclic amines) is 1. The Labute approximate surface area is 107 Å². The average molecular weight is 241 g/mol. The van der Waals surface area contributed by atoms with Crippen molar-refractivity contribution in [3.63, 3.8) is 0 Å². The molecule has 0 aromatic heterocycles. The first-order valence-electron chi connectivity index (χ1n) is 7.22. The number of nitrogens with two attached hydrogens (primary N) is 1. The number of likely N-dealkylation sites (N-methyl/N-ethyl adjacent to an activating group) is 2. The highest BCUT2D eigenvalue weighted by Crippen LogP contribution is 2.19. The second kappa shape index (κ2) is 7.34. The van der Waals surface area contributed by atoms with Crippen molar-refractivity contribution in [2.45, 2.75) is 52.1 Å². The van der Waals surface area contributed by atoms with Crippen LogP contribution in [-0.2, 0) is 0 Å². The summed E-state index contributed by atoms with van der Waals surface area (Å²) < 4.78 is 0. The molecule has 2 N–H and O–H groups in total. The first kappa shape index (κ1) is 14.9. The fraction of sp³-hybridized carbons (Fsp3) is 1.00. The molecular formula is C14H31N3. The quantitative estimate of drug-likeness (QED) is 0.737. The van der Waals surface area contributed by atoms with Crippen LogP contribution in [0.3, 0.4) is 0 Å². The van der Waals surface area contributed by atoms with E-state index in [1.807, 2.05) is 0 Å². The van der Waals surface area contributed by atoms with Crippen LogP contribution in [0.2, 0.25) is 0 Å². The minimum atomic E-state index is 0.550. The molecule has 3 nitrogen and oxygen atoms in total. The molecule has 0 spiro atoms. The average Bonchev–Trinajstić information content (AvgIpc) is 2.72. The van der Waals surface area contributed by atoms with Gasteiger partial charge in [-0.05, 0) is 45.3 Å². The minimum absolute atomic E-state index is 0.550. The summed E-state index contributed by atoms with van der Waals surface area (Å²) in [6.07, 6.45) is 3.94. The van der Waals surface area contributed by atoms with Crippen LogP contribution in [0, 0.1) is 5.92 Å². The number of rotatable bonds is 7. The van der Waals surface area contributed by atoms with Crippen molar-refractivity contribution in [3.05, 3.63) is 0 Å². The van der Waals surface area contributed by atoms with Gasteiger partial charge in [0, 0.05) is 25.2 Å². The van der Waals surface area contributed by atoms with Gasteiger partial charge in [0.1, 0.15) is 0 Å². The van der Waals surface area contributed by atoms with E-state index in [0.29, 0.717) is 6.04 Å². The summed E-state index contributed by atoms with van der Waals surface area (Å²) in [5.41, 5.74) is 5.91. The van der Waals surface area contributed by atoms with Crippen LogP contribution in [0.15, 0.2) is 0 Å². The third-order valence-electron chi connectivity index (χ3n) is 4.04. The van der Waals surface area contributed by atoms with Gasteiger partial charge >= 0.3 is 0 Å².